The lowest BCUT2D eigenvalue weighted by molar-refractivity contribution is 0.0971. The first kappa shape index (κ1) is 13.7. The van der Waals surface area contributed by atoms with Crippen LogP contribution in [-0.4, -0.2) is 11.9 Å². The SMILES string of the molecule is C[C@@H]1CCc2cc(F)ccc2N1C(=O)c1ccccc1F. The molecule has 1 aliphatic heterocycles. The smallest absolute Gasteiger partial charge is 0.261 e. The standard InChI is InChI=1S/C17H15F2NO/c1-11-6-7-12-10-13(18)8-9-16(12)20(11)17(21)14-4-2-3-5-15(14)19/h2-5,8-11H,6-7H2,1H3/t11-/m1/s1. The lowest BCUT2D eigenvalue weighted by Crippen LogP contribution is -2.42. The molecule has 0 saturated carbocycles. The Bertz CT molecular complexity index is 699. The molecule has 2 aromatic carbocycles. The minimum atomic E-state index is -0.538. The van der Waals surface area contributed by atoms with E-state index in [9.17, 15) is 13.6 Å². The van der Waals surface area contributed by atoms with Gasteiger partial charge in [-0.15, -0.1) is 0 Å². The van der Waals surface area contributed by atoms with Crippen molar-refractivity contribution < 1.29 is 13.6 Å². The van der Waals surface area contributed by atoms with Crippen molar-refractivity contribution in [3.05, 3.63) is 65.2 Å². The van der Waals surface area contributed by atoms with Crippen molar-refractivity contribution in [2.75, 3.05) is 4.90 Å². The predicted molar refractivity (Wildman–Crippen MR) is 77.4 cm³/mol. The summed E-state index contributed by atoms with van der Waals surface area (Å²) in [5.74, 6) is -1.24. The fourth-order valence-electron chi connectivity index (χ4n) is 2.79. The van der Waals surface area contributed by atoms with Crippen LogP contribution in [0.25, 0.3) is 0 Å². The molecule has 0 aliphatic carbocycles. The van der Waals surface area contributed by atoms with Crippen molar-refractivity contribution >= 4 is 11.6 Å². The zero-order valence-electron chi connectivity index (χ0n) is 11.6. The van der Waals surface area contributed by atoms with Gasteiger partial charge in [-0.3, -0.25) is 4.79 Å². The minimum Gasteiger partial charge on any atom is -0.305 e. The molecule has 1 heterocycles. The third kappa shape index (κ3) is 2.42. The van der Waals surface area contributed by atoms with Gasteiger partial charge >= 0.3 is 0 Å². The normalized spacial score (nSPS) is 17.5. The lowest BCUT2D eigenvalue weighted by Gasteiger charge is -2.35. The first-order valence-electron chi connectivity index (χ1n) is 6.94. The topological polar surface area (TPSA) is 20.3 Å². The third-order valence-corrected chi connectivity index (χ3v) is 3.90. The van der Waals surface area contributed by atoms with Crippen LogP contribution in [0.3, 0.4) is 0 Å². The Morgan fingerprint density at radius 3 is 2.71 bits per heavy atom. The fourth-order valence-corrected chi connectivity index (χ4v) is 2.79. The maximum absolute atomic E-state index is 13.9. The number of fused-ring (bicyclic) bond motifs is 1. The average molecular weight is 287 g/mol. The van der Waals surface area contributed by atoms with E-state index in [1.807, 2.05) is 6.92 Å². The molecule has 108 valence electrons. The van der Waals surface area contributed by atoms with E-state index in [2.05, 4.69) is 0 Å². The highest BCUT2D eigenvalue weighted by Gasteiger charge is 2.30. The average Bonchev–Trinajstić information content (AvgIpc) is 2.47. The molecule has 0 saturated heterocycles. The number of carbonyl (C=O) groups is 1. The molecule has 3 rings (SSSR count). The van der Waals surface area contributed by atoms with E-state index in [1.165, 1.54) is 24.3 Å². The zero-order chi connectivity index (χ0) is 15.0. The Hall–Kier alpha value is -2.23. The summed E-state index contributed by atoms with van der Waals surface area (Å²) in [6.45, 7) is 1.92. The number of aryl methyl sites for hydroxylation is 1. The maximum Gasteiger partial charge on any atom is 0.261 e. The van der Waals surface area contributed by atoms with Gasteiger partial charge in [0.15, 0.2) is 0 Å². The van der Waals surface area contributed by atoms with Crippen molar-refractivity contribution in [1.82, 2.24) is 0 Å². The molecule has 0 bridgehead atoms. The van der Waals surface area contributed by atoms with Crippen LogP contribution in [0.5, 0.6) is 0 Å². The first-order chi connectivity index (χ1) is 10.1. The minimum absolute atomic E-state index is 0.0431. The van der Waals surface area contributed by atoms with Gasteiger partial charge < -0.3 is 4.90 Å². The zero-order valence-corrected chi connectivity index (χ0v) is 11.6. The highest BCUT2D eigenvalue weighted by Crippen LogP contribution is 2.32. The number of anilines is 1. The number of rotatable bonds is 1. The Kier molecular flexibility index (Phi) is 3.45. The highest BCUT2D eigenvalue weighted by molar-refractivity contribution is 6.07. The van der Waals surface area contributed by atoms with E-state index in [-0.39, 0.29) is 23.3 Å². The maximum atomic E-state index is 13.9. The van der Waals surface area contributed by atoms with Gasteiger partial charge in [-0.2, -0.15) is 0 Å². The van der Waals surface area contributed by atoms with Crippen molar-refractivity contribution in [3.8, 4) is 0 Å². The molecule has 1 atom stereocenters. The van der Waals surface area contributed by atoms with Crippen molar-refractivity contribution in [1.29, 1.82) is 0 Å². The summed E-state index contributed by atoms with van der Waals surface area (Å²) in [6, 6.07) is 10.3. The van der Waals surface area contributed by atoms with E-state index < -0.39 is 5.82 Å². The summed E-state index contributed by atoms with van der Waals surface area (Å²) in [7, 11) is 0. The number of amides is 1. The number of benzene rings is 2. The number of hydrogen-bond donors (Lipinski definition) is 0. The van der Waals surface area contributed by atoms with Crippen LogP contribution < -0.4 is 4.90 Å². The van der Waals surface area contributed by atoms with Gasteiger partial charge in [0.05, 0.1) is 5.56 Å². The number of carbonyl (C=O) groups excluding carboxylic acids is 1. The second kappa shape index (κ2) is 5.28. The highest BCUT2D eigenvalue weighted by atomic mass is 19.1. The van der Waals surface area contributed by atoms with Gasteiger partial charge in [0.1, 0.15) is 11.6 Å². The van der Waals surface area contributed by atoms with Crippen LogP contribution in [0.15, 0.2) is 42.5 Å². The second-order valence-electron chi connectivity index (χ2n) is 5.32. The van der Waals surface area contributed by atoms with Gasteiger partial charge in [-0.05, 0) is 55.7 Å². The molecule has 1 aliphatic rings. The number of halogens is 2. The molecule has 0 spiro atoms. The van der Waals surface area contributed by atoms with Crippen LogP contribution in [-0.2, 0) is 6.42 Å². The van der Waals surface area contributed by atoms with Crippen molar-refractivity contribution in [2.24, 2.45) is 0 Å². The molecule has 1 amide bonds. The molecule has 0 aromatic heterocycles. The van der Waals surface area contributed by atoms with E-state index in [1.54, 1.807) is 23.1 Å². The van der Waals surface area contributed by atoms with Crippen LogP contribution in [0.1, 0.15) is 29.3 Å². The Morgan fingerprint density at radius 1 is 1.19 bits per heavy atom. The Balaban J connectivity index is 2.06. The Labute approximate surface area is 122 Å². The molecular formula is C17H15F2NO. The molecular weight excluding hydrogens is 272 g/mol. The predicted octanol–water partition coefficient (Wildman–Crippen LogP) is 3.95. The molecule has 2 aromatic rings. The monoisotopic (exact) mass is 287 g/mol. The van der Waals surface area contributed by atoms with Gasteiger partial charge in [0, 0.05) is 11.7 Å². The molecule has 0 N–H and O–H groups in total. The summed E-state index contributed by atoms with van der Waals surface area (Å²) >= 11 is 0. The molecule has 21 heavy (non-hydrogen) atoms. The molecule has 2 nitrogen and oxygen atoms in total. The van der Waals surface area contributed by atoms with E-state index in [4.69, 9.17) is 0 Å². The quantitative estimate of drug-likeness (QED) is 0.777. The summed E-state index contributed by atoms with van der Waals surface area (Å²) < 4.78 is 27.2. The molecule has 0 radical (unpaired) electrons. The largest absolute Gasteiger partial charge is 0.305 e. The summed E-state index contributed by atoms with van der Waals surface area (Å²) in [5.41, 5.74) is 1.50. The number of hydrogen-bond acceptors (Lipinski definition) is 1. The van der Waals surface area contributed by atoms with Crippen LogP contribution in [0, 0.1) is 11.6 Å². The second-order valence-corrected chi connectivity index (χ2v) is 5.32. The van der Waals surface area contributed by atoms with Crippen LogP contribution in [0.2, 0.25) is 0 Å². The van der Waals surface area contributed by atoms with Crippen LogP contribution in [0.4, 0.5) is 14.5 Å². The van der Waals surface area contributed by atoms with Crippen molar-refractivity contribution in [3.63, 3.8) is 0 Å². The molecule has 0 fully saturated rings. The fraction of sp³-hybridized carbons (Fsp3) is 0.235. The summed E-state index contributed by atoms with van der Waals surface area (Å²) in [5, 5.41) is 0. The third-order valence-electron chi connectivity index (χ3n) is 3.90. The van der Waals surface area contributed by atoms with Gasteiger partial charge in [-0.25, -0.2) is 8.78 Å². The summed E-state index contributed by atoms with van der Waals surface area (Å²) in [4.78, 5) is 14.2. The Morgan fingerprint density at radius 2 is 1.95 bits per heavy atom. The van der Waals surface area contributed by atoms with Crippen LogP contribution >= 0.6 is 0 Å². The number of nitrogens with zero attached hydrogens (tertiary/aromatic N) is 1. The summed E-state index contributed by atoms with van der Waals surface area (Å²) in [6.07, 6.45) is 1.45. The van der Waals surface area contributed by atoms with Gasteiger partial charge in [-0.1, -0.05) is 12.1 Å². The van der Waals surface area contributed by atoms with E-state index in [0.29, 0.717) is 5.69 Å². The van der Waals surface area contributed by atoms with E-state index >= 15 is 0 Å². The van der Waals surface area contributed by atoms with Gasteiger partial charge in [0.2, 0.25) is 0 Å². The lowest BCUT2D eigenvalue weighted by atomic mass is 9.95. The molecule has 0 unspecified atom stereocenters. The van der Waals surface area contributed by atoms with E-state index in [0.717, 1.165) is 18.4 Å². The first-order valence-corrected chi connectivity index (χ1v) is 6.94. The van der Waals surface area contributed by atoms with Crippen molar-refractivity contribution in [2.45, 2.75) is 25.8 Å². The van der Waals surface area contributed by atoms with Gasteiger partial charge in [0.25, 0.3) is 5.91 Å². The molecule has 4 heteroatoms.